The van der Waals surface area contributed by atoms with Crippen molar-refractivity contribution >= 4 is 23.4 Å². The average molecular weight is 379 g/mol. The molecule has 4 nitrogen and oxygen atoms in total. The molecule has 0 amide bonds. The molecule has 2 heterocycles. The summed E-state index contributed by atoms with van der Waals surface area (Å²) in [7, 11) is 0. The Hall–Kier alpha value is -2.40. The van der Waals surface area contributed by atoms with E-state index >= 15 is 0 Å². The van der Waals surface area contributed by atoms with Crippen LogP contribution in [0.3, 0.4) is 0 Å². The van der Waals surface area contributed by atoms with Gasteiger partial charge >= 0.3 is 5.97 Å². The predicted octanol–water partition coefficient (Wildman–Crippen LogP) is 4.71. The maximum atomic E-state index is 11.4. The van der Waals surface area contributed by atoms with Gasteiger partial charge in [0.2, 0.25) is 0 Å². The lowest BCUT2D eigenvalue weighted by atomic mass is 9.76. The number of hydrogen-bond donors (Lipinski definition) is 2. The summed E-state index contributed by atoms with van der Waals surface area (Å²) in [5, 5.41) is 13.0. The number of carboxylic acids is 1. The minimum atomic E-state index is -0.877. The number of nitrogens with one attached hydrogen (secondary N) is 1. The van der Waals surface area contributed by atoms with Crippen LogP contribution in [0, 0.1) is 5.92 Å². The smallest absolute Gasteiger partial charge is 0.335 e. The highest BCUT2D eigenvalue weighted by molar-refractivity contribution is 8.00. The average Bonchev–Trinajstić information content (AvgIpc) is 3.14. The van der Waals surface area contributed by atoms with Crippen LogP contribution in [0.15, 0.2) is 54.6 Å². The fourth-order valence-corrected chi connectivity index (χ4v) is 4.88. The molecule has 27 heavy (non-hydrogen) atoms. The highest BCUT2D eigenvalue weighted by atomic mass is 32.2. The summed E-state index contributed by atoms with van der Waals surface area (Å²) >= 11 is 1.92. The van der Waals surface area contributed by atoms with Crippen molar-refractivity contribution in [2.45, 2.75) is 24.5 Å². The van der Waals surface area contributed by atoms with Gasteiger partial charge in [-0.3, -0.25) is 0 Å². The molecule has 0 aromatic heterocycles. The van der Waals surface area contributed by atoms with Gasteiger partial charge in [0, 0.05) is 23.1 Å². The fraction of sp³-hybridized carbons (Fsp3) is 0.318. The van der Waals surface area contributed by atoms with E-state index < -0.39 is 5.97 Å². The van der Waals surface area contributed by atoms with Gasteiger partial charge in [-0.25, -0.2) is 4.79 Å². The second-order valence-corrected chi connectivity index (χ2v) is 8.51. The third kappa shape index (κ3) is 3.00. The van der Waals surface area contributed by atoms with E-state index in [0.717, 1.165) is 34.9 Å². The lowest BCUT2D eigenvalue weighted by molar-refractivity contribution is 0.0696. The van der Waals surface area contributed by atoms with Gasteiger partial charge in [-0.2, -0.15) is 11.8 Å². The Labute approximate surface area is 162 Å². The van der Waals surface area contributed by atoms with E-state index in [1.165, 1.54) is 5.56 Å². The van der Waals surface area contributed by atoms with E-state index in [2.05, 4.69) is 35.7 Å². The molecular formula is C22H21NO3S. The number of fused-ring (bicyclic) bond motifs is 3. The number of anilines is 1. The van der Waals surface area contributed by atoms with E-state index in [4.69, 9.17) is 4.74 Å². The van der Waals surface area contributed by atoms with Crippen molar-refractivity contribution in [2.24, 2.45) is 5.92 Å². The van der Waals surface area contributed by atoms with Crippen LogP contribution in [0.2, 0.25) is 0 Å². The highest BCUT2D eigenvalue weighted by Crippen LogP contribution is 2.50. The van der Waals surface area contributed by atoms with Crippen LogP contribution in [0.1, 0.15) is 39.9 Å². The first kappa shape index (κ1) is 16.8. The van der Waals surface area contributed by atoms with Crippen LogP contribution in [0.4, 0.5) is 5.69 Å². The maximum Gasteiger partial charge on any atom is 0.335 e. The van der Waals surface area contributed by atoms with E-state index in [-0.39, 0.29) is 12.0 Å². The number of thioether (sulfide) groups is 1. The van der Waals surface area contributed by atoms with Crippen molar-refractivity contribution in [2.75, 3.05) is 16.8 Å². The molecule has 2 aliphatic heterocycles. The minimum Gasteiger partial charge on any atom is -0.489 e. The summed E-state index contributed by atoms with van der Waals surface area (Å²) < 4.78 is 6.08. The third-order valence-corrected chi connectivity index (χ3v) is 6.95. The number of carbonyl (C=O) groups is 1. The standard InChI is InChI=1S/C22H21NO3S/c24-22(25)14-7-8-20-19(10-14)17-5-2-6-18(17)21(23-20)13-3-1-4-15(9-13)26-16-11-27-12-16/h1-5,7-10,16-18,21,23H,6,11-12H2,(H,24,25)/t17-,18-,21-/m0/s1. The Morgan fingerprint density at radius 1 is 1.19 bits per heavy atom. The van der Waals surface area contributed by atoms with Crippen LogP contribution in [0.5, 0.6) is 5.75 Å². The zero-order chi connectivity index (χ0) is 18.4. The van der Waals surface area contributed by atoms with Gasteiger partial charge in [-0.05, 0) is 53.8 Å². The van der Waals surface area contributed by atoms with E-state index in [1.54, 1.807) is 6.07 Å². The van der Waals surface area contributed by atoms with Crippen molar-refractivity contribution in [1.29, 1.82) is 0 Å². The number of carboxylic acid groups (broad SMARTS) is 1. The zero-order valence-electron chi connectivity index (χ0n) is 14.8. The third-order valence-electron chi connectivity index (χ3n) is 5.74. The molecule has 3 atom stereocenters. The van der Waals surface area contributed by atoms with Gasteiger partial charge in [0.15, 0.2) is 0 Å². The Morgan fingerprint density at radius 3 is 2.85 bits per heavy atom. The molecule has 1 fully saturated rings. The number of rotatable bonds is 4. The number of aromatic carboxylic acids is 1. The minimum absolute atomic E-state index is 0.187. The van der Waals surface area contributed by atoms with Gasteiger partial charge < -0.3 is 15.2 Å². The summed E-state index contributed by atoms with van der Waals surface area (Å²) in [6.07, 6.45) is 5.78. The zero-order valence-corrected chi connectivity index (χ0v) is 15.6. The lowest BCUT2D eigenvalue weighted by Gasteiger charge is -2.38. The monoisotopic (exact) mass is 379 g/mol. The van der Waals surface area contributed by atoms with Crippen LogP contribution < -0.4 is 10.1 Å². The largest absolute Gasteiger partial charge is 0.489 e. The molecule has 1 saturated heterocycles. The number of ether oxygens (including phenoxy) is 1. The number of hydrogen-bond acceptors (Lipinski definition) is 4. The van der Waals surface area contributed by atoms with Crippen molar-refractivity contribution in [1.82, 2.24) is 0 Å². The second-order valence-electron chi connectivity index (χ2n) is 7.43. The molecule has 5 rings (SSSR count). The molecule has 1 aliphatic carbocycles. The van der Waals surface area contributed by atoms with E-state index in [1.807, 2.05) is 30.0 Å². The number of benzene rings is 2. The van der Waals surface area contributed by atoms with Gasteiger partial charge in [0.05, 0.1) is 11.6 Å². The molecule has 5 heteroatoms. The van der Waals surface area contributed by atoms with Crippen LogP contribution in [-0.2, 0) is 0 Å². The summed E-state index contributed by atoms with van der Waals surface area (Å²) in [5.41, 5.74) is 3.69. The van der Waals surface area contributed by atoms with E-state index in [9.17, 15) is 9.90 Å². The van der Waals surface area contributed by atoms with Gasteiger partial charge in [0.25, 0.3) is 0 Å². The molecule has 2 aromatic rings. The quantitative estimate of drug-likeness (QED) is 0.754. The molecular weight excluding hydrogens is 358 g/mol. The molecule has 2 N–H and O–H groups in total. The maximum absolute atomic E-state index is 11.4. The normalized spacial score (nSPS) is 25.9. The fourth-order valence-electron chi connectivity index (χ4n) is 4.31. The first-order valence-corrected chi connectivity index (χ1v) is 10.5. The van der Waals surface area contributed by atoms with Crippen LogP contribution in [0.25, 0.3) is 0 Å². The Bertz CT molecular complexity index is 922. The Kier molecular flexibility index (Phi) is 4.12. The molecule has 0 spiro atoms. The Morgan fingerprint density at radius 2 is 2.07 bits per heavy atom. The number of allylic oxidation sites excluding steroid dienone is 2. The topological polar surface area (TPSA) is 58.6 Å². The molecule has 0 saturated carbocycles. The Balaban J connectivity index is 1.47. The lowest BCUT2D eigenvalue weighted by Crippen LogP contribution is -2.31. The summed E-state index contributed by atoms with van der Waals surface area (Å²) in [5.74, 6) is 2.83. The van der Waals surface area contributed by atoms with Crippen LogP contribution in [-0.4, -0.2) is 28.7 Å². The van der Waals surface area contributed by atoms with Crippen molar-refractivity contribution in [3.8, 4) is 5.75 Å². The first-order chi connectivity index (χ1) is 13.2. The molecule has 138 valence electrons. The predicted molar refractivity (Wildman–Crippen MR) is 108 cm³/mol. The van der Waals surface area contributed by atoms with Gasteiger partial charge in [-0.15, -0.1) is 0 Å². The summed E-state index contributed by atoms with van der Waals surface area (Å²) in [6.45, 7) is 0. The molecule has 0 bridgehead atoms. The molecule has 0 radical (unpaired) electrons. The molecule has 3 aliphatic rings. The van der Waals surface area contributed by atoms with Gasteiger partial charge in [0.1, 0.15) is 11.9 Å². The second kappa shape index (κ2) is 6.64. The SMILES string of the molecule is O=C(O)c1ccc2c(c1)[C@H]1C=CC[C@@H]1[C@H](c1cccc(OC3CSC3)c1)N2. The summed E-state index contributed by atoms with van der Waals surface area (Å²) in [4.78, 5) is 11.4. The first-order valence-electron chi connectivity index (χ1n) is 9.34. The van der Waals surface area contributed by atoms with Crippen LogP contribution >= 0.6 is 11.8 Å². The van der Waals surface area contributed by atoms with Gasteiger partial charge in [-0.1, -0.05) is 24.3 Å². The molecule has 2 aromatic carbocycles. The van der Waals surface area contributed by atoms with Crippen molar-refractivity contribution < 1.29 is 14.6 Å². The van der Waals surface area contributed by atoms with Crippen molar-refractivity contribution in [3.63, 3.8) is 0 Å². The van der Waals surface area contributed by atoms with E-state index in [0.29, 0.717) is 17.6 Å². The highest BCUT2D eigenvalue weighted by Gasteiger charge is 2.38. The summed E-state index contributed by atoms with van der Waals surface area (Å²) in [6, 6.07) is 14.0. The molecule has 0 unspecified atom stereocenters. The van der Waals surface area contributed by atoms with Crippen molar-refractivity contribution in [3.05, 3.63) is 71.3 Å².